The quantitative estimate of drug-likeness (QED) is 0.802. The molecule has 0 saturated heterocycles. The number of carbonyl (C=O) groups excluding carboxylic acids is 1. The highest BCUT2D eigenvalue weighted by atomic mass is 16.4. The molecular weight excluding hydrogens is 250 g/mol. The van der Waals surface area contributed by atoms with Crippen LogP contribution in [0, 0.1) is 0 Å². The molecular formula is C13H15NO5. The Morgan fingerprint density at radius 2 is 1.74 bits per heavy atom. The van der Waals surface area contributed by atoms with Crippen LogP contribution in [0.1, 0.15) is 23.2 Å². The largest absolute Gasteiger partial charge is 0.481 e. The Labute approximate surface area is 110 Å². The van der Waals surface area contributed by atoms with E-state index in [4.69, 9.17) is 10.2 Å². The zero-order chi connectivity index (χ0) is 14.4. The number of benzene rings is 1. The van der Waals surface area contributed by atoms with E-state index in [0.717, 1.165) is 4.90 Å². The highest BCUT2D eigenvalue weighted by Gasteiger charge is 2.27. The number of carboxylic acid groups (broad SMARTS) is 2. The van der Waals surface area contributed by atoms with Crippen molar-refractivity contribution < 1.29 is 24.6 Å². The normalized spacial score (nSPS) is 11.6. The van der Waals surface area contributed by atoms with Gasteiger partial charge in [0.15, 0.2) is 0 Å². The average molecular weight is 265 g/mol. The van der Waals surface area contributed by atoms with E-state index < -0.39 is 23.9 Å². The molecule has 0 saturated carbocycles. The van der Waals surface area contributed by atoms with Crippen molar-refractivity contribution in [1.82, 2.24) is 4.90 Å². The van der Waals surface area contributed by atoms with E-state index in [1.807, 2.05) is 0 Å². The van der Waals surface area contributed by atoms with E-state index in [9.17, 15) is 14.4 Å². The maximum Gasteiger partial charge on any atom is 0.326 e. The van der Waals surface area contributed by atoms with Gasteiger partial charge in [0.1, 0.15) is 6.04 Å². The molecule has 102 valence electrons. The summed E-state index contributed by atoms with van der Waals surface area (Å²) in [7, 11) is 1.36. The van der Waals surface area contributed by atoms with Gasteiger partial charge in [0, 0.05) is 19.0 Å². The predicted octanol–water partition coefficient (Wildman–Crippen LogP) is 1.08. The molecule has 0 spiro atoms. The molecule has 0 radical (unpaired) electrons. The van der Waals surface area contributed by atoms with E-state index in [-0.39, 0.29) is 12.8 Å². The van der Waals surface area contributed by atoms with Gasteiger partial charge in [-0.05, 0) is 18.6 Å². The summed E-state index contributed by atoms with van der Waals surface area (Å²) in [6.45, 7) is 0. The minimum Gasteiger partial charge on any atom is -0.481 e. The Bertz CT molecular complexity index is 471. The number of likely N-dealkylation sites (N-methyl/N-ethyl adjacent to an activating group) is 1. The van der Waals surface area contributed by atoms with Crippen LogP contribution < -0.4 is 0 Å². The fourth-order valence-electron chi connectivity index (χ4n) is 1.67. The lowest BCUT2D eigenvalue weighted by molar-refractivity contribution is -0.143. The van der Waals surface area contributed by atoms with Crippen molar-refractivity contribution in [1.29, 1.82) is 0 Å². The summed E-state index contributed by atoms with van der Waals surface area (Å²) in [5, 5.41) is 17.7. The number of carbonyl (C=O) groups is 3. The molecule has 19 heavy (non-hydrogen) atoms. The summed E-state index contributed by atoms with van der Waals surface area (Å²) in [5.41, 5.74) is 0.367. The van der Waals surface area contributed by atoms with Gasteiger partial charge in [0.05, 0.1) is 0 Å². The van der Waals surface area contributed by atoms with Gasteiger partial charge in [-0.1, -0.05) is 18.2 Å². The van der Waals surface area contributed by atoms with Crippen molar-refractivity contribution in [3.63, 3.8) is 0 Å². The number of aliphatic carboxylic acids is 2. The van der Waals surface area contributed by atoms with E-state index in [0.29, 0.717) is 5.56 Å². The number of nitrogens with zero attached hydrogens (tertiary/aromatic N) is 1. The highest BCUT2D eigenvalue weighted by molar-refractivity contribution is 5.96. The Balaban J connectivity index is 2.82. The molecule has 0 heterocycles. The van der Waals surface area contributed by atoms with Crippen LogP contribution >= 0.6 is 0 Å². The standard InChI is InChI=1S/C13H15NO5/c1-14(10(13(18)19)7-8-11(15)16)12(17)9-5-3-2-4-6-9/h2-6,10H,7-8H2,1H3,(H,15,16)(H,18,19). The van der Waals surface area contributed by atoms with E-state index in [1.165, 1.54) is 7.05 Å². The molecule has 0 aliphatic heterocycles. The molecule has 2 N–H and O–H groups in total. The Morgan fingerprint density at radius 3 is 2.21 bits per heavy atom. The zero-order valence-corrected chi connectivity index (χ0v) is 10.4. The molecule has 1 unspecified atom stereocenters. The lowest BCUT2D eigenvalue weighted by Crippen LogP contribution is -2.42. The minimum absolute atomic E-state index is 0.125. The third-order valence-corrected chi connectivity index (χ3v) is 2.73. The number of amides is 1. The minimum atomic E-state index is -1.21. The second-order valence-electron chi connectivity index (χ2n) is 4.07. The Morgan fingerprint density at radius 1 is 1.16 bits per heavy atom. The SMILES string of the molecule is CN(C(=O)c1ccccc1)C(CCC(=O)O)C(=O)O. The Kier molecular flexibility index (Phi) is 5.05. The second kappa shape index (κ2) is 6.53. The van der Waals surface area contributed by atoms with E-state index in [1.54, 1.807) is 30.3 Å². The van der Waals surface area contributed by atoms with Crippen molar-refractivity contribution in [2.45, 2.75) is 18.9 Å². The summed E-state index contributed by atoms with van der Waals surface area (Å²) in [4.78, 5) is 34.7. The molecule has 0 aliphatic rings. The first-order valence-electron chi connectivity index (χ1n) is 5.70. The number of hydrogen-bond acceptors (Lipinski definition) is 3. The number of hydrogen-bond donors (Lipinski definition) is 2. The van der Waals surface area contributed by atoms with Crippen molar-refractivity contribution >= 4 is 17.8 Å². The molecule has 6 heteroatoms. The monoisotopic (exact) mass is 265 g/mol. The van der Waals surface area contributed by atoms with Crippen LogP contribution in [0.25, 0.3) is 0 Å². The lowest BCUT2D eigenvalue weighted by atomic mass is 10.1. The molecule has 0 aliphatic carbocycles. The van der Waals surface area contributed by atoms with Gasteiger partial charge in [-0.2, -0.15) is 0 Å². The molecule has 0 fully saturated rings. The van der Waals surface area contributed by atoms with Gasteiger partial charge >= 0.3 is 11.9 Å². The number of carboxylic acids is 2. The van der Waals surface area contributed by atoms with Gasteiger partial charge in [-0.25, -0.2) is 4.79 Å². The molecule has 0 aromatic heterocycles. The van der Waals surface area contributed by atoms with Crippen LogP contribution in [-0.4, -0.2) is 46.0 Å². The third-order valence-electron chi connectivity index (χ3n) is 2.73. The maximum absolute atomic E-state index is 12.1. The molecule has 1 rings (SSSR count). The highest BCUT2D eigenvalue weighted by Crippen LogP contribution is 2.11. The van der Waals surface area contributed by atoms with Gasteiger partial charge in [-0.3, -0.25) is 9.59 Å². The van der Waals surface area contributed by atoms with Crippen LogP contribution in [0.5, 0.6) is 0 Å². The first-order valence-corrected chi connectivity index (χ1v) is 5.70. The second-order valence-corrected chi connectivity index (χ2v) is 4.07. The van der Waals surface area contributed by atoms with Gasteiger partial charge in [-0.15, -0.1) is 0 Å². The lowest BCUT2D eigenvalue weighted by Gasteiger charge is -2.24. The van der Waals surface area contributed by atoms with Crippen molar-refractivity contribution in [2.24, 2.45) is 0 Å². The van der Waals surface area contributed by atoms with Gasteiger partial charge < -0.3 is 15.1 Å². The molecule has 1 aromatic rings. The fraction of sp³-hybridized carbons (Fsp3) is 0.308. The third kappa shape index (κ3) is 4.09. The molecule has 1 aromatic carbocycles. The van der Waals surface area contributed by atoms with Crippen LogP contribution in [-0.2, 0) is 9.59 Å². The first kappa shape index (κ1) is 14.7. The first-order chi connectivity index (χ1) is 8.93. The summed E-state index contributed by atoms with van der Waals surface area (Å²) in [6.07, 6.45) is -0.427. The summed E-state index contributed by atoms with van der Waals surface area (Å²) < 4.78 is 0. The molecule has 1 amide bonds. The smallest absolute Gasteiger partial charge is 0.326 e. The van der Waals surface area contributed by atoms with Crippen LogP contribution in [0.3, 0.4) is 0 Å². The molecule has 1 atom stereocenters. The summed E-state index contributed by atoms with van der Waals surface area (Å²) in [6, 6.07) is 7.10. The van der Waals surface area contributed by atoms with Gasteiger partial charge in [0.25, 0.3) is 5.91 Å². The van der Waals surface area contributed by atoms with E-state index >= 15 is 0 Å². The van der Waals surface area contributed by atoms with Gasteiger partial charge in [0.2, 0.25) is 0 Å². The number of rotatable bonds is 6. The van der Waals surface area contributed by atoms with Crippen molar-refractivity contribution in [3.05, 3.63) is 35.9 Å². The van der Waals surface area contributed by atoms with Crippen molar-refractivity contribution in [2.75, 3.05) is 7.05 Å². The van der Waals surface area contributed by atoms with Crippen LogP contribution in [0.4, 0.5) is 0 Å². The fourth-order valence-corrected chi connectivity index (χ4v) is 1.67. The zero-order valence-electron chi connectivity index (χ0n) is 10.4. The predicted molar refractivity (Wildman–Crippen MR) is 66.8 cm³/mol. The topological polar surface area (TPSA) is 94.9 Å². The van der Waals surface area contributed by atoms with Crippen LogP contribution in [0.15, 0.2) is 30.3 Å². The Hall–Kier alpha value is -2.37. The van der Waals surface area contributed by atoms with Crippen LogP contribution in [0.2, 0.25) is 0 Å². The summed E-state index contributed by atoms with van der Waals surface area (Å²) >= 11 is 0. The maximum atomic E-state index is 12.1. The average Bonchev–Trinajstić information content (AvgIpc) is 2.38. The molecule has 0 bridgehead atoms. The summed E-state index contributed by atoms with van der Waals surface area (Å²) in [5.74, 6) is -2.75. The van der Waals surface area contributed by atoms with E-state index in [2.05, 4.69) is 0 Å². The molecule has 6 nitrogen and oxygen atoms in total. The van der Waals surface area contributed by atoms with Crippen molar-refractivity contribution in [3.8, 4) is 0 Å².